The van der Waals surface area contributed by atoms with Crippen LogP contribution in [0.4, 0.5) is 0 Å². The maximum absolute atomic E-state index is 9.21. The molecule has 0 bridgehead atoms. The summed E-state index contributed by atoms with van der Waals surface area (Å²) in [6.45, 7) is 6.28. The second kappa shape index (κ2) is 4.38. The molecule has 0 fully saturated rings. The van der Waals surface area contributed by atoms with Crippen LogP contribution >= 0.6 is 0 Å². The van der Waals surface area contributed by atoms with Crippen LogP contribution in [-0.4, -0.2) is 10.1 Å². The molecule has 0 aliphatic carbocycles. The van der Waals surface area contributed by atoms with Crippen LogP contribution in [0.2, 0.25) is 0 Å². The van der Waals surface area contributed by atoms with Gasteiger partial charge in [-0.15, -0.1) is 0 Å². The summed E-state index contributed by atoms with van der Waals surface area (Å²) in [7, 11) is 0. The maximum Gasteiger partial charge on any atom is 0.0702 e. The molecule has 0 atom stereocenters. The SMILES string of the molecule is CCc1cc(C)nc(CC)c1CO. The van der Waals surface area contributed by atoms with Crippen LogP contribution in [0, 0.1) is 6.92 Å². The molecular formula is C11H17NO. The van der Waals surface area contributed by atoms with Crippen LogP contribution in [0.1, 0.15) is 36.4 Å². The third-order valence-electron chi connectivity index (χ3n) is 2.30. The summed E-state index contributed by atoms with van der Waals surface area (Å²) >= 11 is 0. The number of nitrogens with zero attached hydrogens (tertiary/aromatic N) is 1. The summed E-state index contributed by atoms with van der Waals surface area (Å²) < 4.78 is 0. The Morgan fingerprint density at radius 2 is 2.00 bits per heavy atom. The third-order valence-corrected chi connectivity index (χ3v) is 2.30. The van der Waals surface area contributed by atoms with E-state index in [-0.39, 0.29) is 6.61 Å². The van der Waals surface area contributed by atoms with E-state index in [4.69, 9.17) is 0 Å². The lowest BCUT2D eigenvalue weighted by atomic mass is 10.0. The molecule has 1 aromatic heterocycles. The summed E-state index contributed by atoms with van der Waals surface area (Å²) in [6.07, 6.45) is 1.86. The van der Waals surface area contributed by atoms with Crippen molar-refractivity contribution >= 4 is 0 Å². The molecule has 0 saturated carbocycles. The highest BCUT2D eigenvalue weighted by Crippen LogP contribution is 2.15. The predicted molar refractivity (Wildman–Crippen MR) is 53.7 cm³/mol. The second-order valence-electron chi connectivity index (χ2n) is 3.21. The van der Waals surface area contributed by atoms with Gasteiger partial charge in [0.2, 0.25) is 0 Å². The van der Waals surface area contributed by atoms with Crippen LogP contribution in [-0.2, 0) is 19.4 Å². The Morgan fingerprint density at radius 3 is 2.46 bits per heavy atom. The van der Waals surface area contributed by atoms with Gasteiger partial charge in [-0.2, -0.15) is 0 Å². The number of pyridine rings is 1. The van der Waals surface area contributed by atoms with Crippen LogP contribution in [0.5, 0.6) is 0 Å². The molecule has 0 aliphatic rings. The van der Waals surface area contributed by atoms with Gasteiger partial charge in [-0.3, -0.25) is 4.98 Å². The van der Waals surface area contributed by atoms with Gasteiger partial charge in [0.05, 0.1) is 6.61 Å². The Balaban J connectivity index is 3.25. The first kappa shape index (κ1) is 10.2. The second-order valence-corrected chi connectivity index (χ2v) is 3.21. The van der Waals surface area contributed by atoms with Crippen molar-refractivity contribution in [3.8, 4) is 0 Å². The average molecular weight is 179 g/mol. The lowest BCUT2D eigenvalue weighted by Gasteiger charge is -2.10. The molecule has 1 heterocycles. The number of aliphatic hydroxyl groups excluding tert-OH is 1. The van der Waals surface area contributed by atoms with Crippen LogP contribution < -0.4 is 0 Å². The minimum absolute atomic E-state index is 0.111. The van der Waals surface area contributed by atoms with Gasteiger partial charge in [-0.1, -0.05) is 13.8 Å². The van der Waals surface area contributed by atoms with Gasteiger partial charge < -0.3 is 5.11 Å². The number of aliphatic hydroxyl groups is 1. The summed E-state index contributed by atoms with van der Waals surface area (Å²) in [5, 5.41) is 9.21. The average Bonchev–Trinajstić information content (AvgIpc) is 2.16. The number of rotatable bonds is 3. The van der Waals surface area contributed by atoms with Crippen LogP contribution in [0.15, 0.2) is 6.07 Å². The monoisotopic (exact) mass is 179 g/mol. The smallest absolute Gasteiger partial charge is 0.0702 e. The van der Waals surface area contributed by atoms with Gasteiger partial charge in [0, 0.05) is 17.0 Å². The number of hydrogen-bond donors (Lipinski definition) is 1. The highest BCUT2D eigenvalue weighted by molar-refractivity contribution is 5.32. The van der Waals surface area contributed by atoms with Gasteiger partial charge in [0.15, 0.2) is 0 Å². The molecule has 13 heavy (non-hydrogen) atoms. The Labute approximate surface area is 79.6 Å². The minimum Gasteiger partial charge on any atom is -0.392 e. The first-order chi connectivity index (χ1) is 6.22. The van der Waals surface area contributed by atoms with Gasteiger partial charge in [-0.25, -0.2) is 0 Å². The van der Waals surface area contributed by atoms with Crippen LogP contribution in [0.3, 0.4) is 0 Å². The predicted octanol–water partition coefficient (Wildman–Crippen LogP) is 2.01. The fourth-order valence-corrected chi connectivity index (χ4v) is 1.64. The molecule has 0 radical (unpaired) electrons. The molecule has 0 aromatic carbocycles. The highest BCUT2D eigenvalue weighted by Gasteiger charge is 2.07. The summed E-state index contributed by atoms with van der Waals surface area (Å²) in [5.74, 6) is 0. The molecule has 1 aromatic rings. The number of aromatic nitrogens is 1. The summed E-state index contributed by atoms with van der Waals surface area (Å²) in [6, 6.07) is 2.06. The Bertz CT molecular complexity index is 269. The molecule has 2 nitrogen and oxygen atoms in total. The van der Waals surface area contributed by atoms with E-state index in [0.29, 0.717) is 0 Å². The van der Waals surface area contributed by atoms with E-state index in [9.17, 15) is 5.11 Å². The van der Waals surface area contributed by atoms with E-state index < -0.39 is 0 Å². The van der Waals surface area contributed by atoms with E-state index >= 15 is 0 Å². The van der Waals surface area contributed by atoms with Gasteiger partial charge >= 0.3 is 0 Å². The van der Waals surface area contributed by atoms with E-state index in [2.05, 4.69) is 24.9 Å². The normalized spacial score (nSPS) is 10.5. The van der Waals surface area contributed by atoms with Crippen molar-refractivity contribution in [2.45, 2.75) is 40.2 Å². The zero-order chi connectivity index (χ0) is 9.84. The van der Waals surface area contributed by atoms with Crippen molar-refractivity contribution in [1.82, 2.24) is 4.98 Å². The van der Waals surface area contributed by atoms with Crippen molar-refractivity contribution < 1.29 is 5.11 Å². The third kappa shape index (κ3) is 2.07. The van der Waals surface area contributed by atoms with E-state index in [1.807, 2.05) is 6.92 Å². The topological polar surface area (TPSA) is 33.1 Å². The molecular weight excluding hydrogens is 162 g/mol. The Kier molecular flexibility index (Phi) is 3.43. The minimum atomic E-state index is 0.111. The molecule has 1 rings (SSSR count). The molecule has 0 spiro atoms. The van der Waals surface area contributed by atoms with Gasteiger partial charge in [-0.05, 0) is 31.4 Å². The molecule has 0 unspecified atom stereocenters. The first-order valence-electron chi connectivity index (χ1n) is 4.82. The maximum atomic E-state index is 9.21. The Hall–Kier alpha value is -0.890. The Morgan fingerprint density at radius 1 is 1.31 bits per heavy atom. The van der Waals surface area contributed by atoms with E-state index in [0.717, 1.165) is 29.8 Å². The van der Waals surface area contributed by atoms with Crippen molar-refractivity contribution in [2.24, 2.45) is 0 Å². The molecule has 72 valence electrons. The lowest BCUT2D eigenvalue weighted by molar-refractivity contribution is 0.279. The quantitative estimate of drug-likeness (QED) is 0.770. The molecule has 0 aliphatic heterocycles. The molecule has 2 heteroatoms. The zero-order valence-electron chi connectivity index (χ0n) is 8.59. The summed E-state index contributed by atoms with van der Waals surface area (Å²) in [5.41, 5.74) is 4.34. The van der Waals surface area contributed by atoms with E-state index in [1.54, 1.807) is 0 Å². The fourth-order valence-electron chi connectivity index (χ4n) is 1.64. The number of aryl methyl sites for hydroxylation is 3. The van der Waals surface area contributed by atoms with Gasteiger partial charge in [0.1, 0.15) is 0 Å². The fraction of sp³-hybridized carbons (Fsp3) is 0.545. The van der Waals surface area contributed by atoms with E-state index in [1.165, 1.54) is 5.56 Å². The largest absolute Gasteiger partial charge is 0.392 e. The number of hydrogen-bond acceptors (Lipinski definition) is 2. The molecule has 0 amide bonds. The van der Waals surface area contributed by atoms with Gasteiger partial charge in [0.25, 0.3) is 0 Å². The van der Waals surface area contributed by atoms with Crippen molar-refractivity contribution in [3.63, 3.8) is 0 Å². The zero-order valence-corrected chi connectivity index (χ0v) is 8.59. The first-order valence-corrected chi connectivity index (χ1v) is 4.82. The van der Waals surface area contributed by atoms with Crippen molar-refractivity contribution in [3.05, 3.63) is 28.6 Å². The molecule has 1 N–H and O–H groups in total. The lowest BCUT2D eigenvalue weighted by Crippen LogP contribution is -2.03. The van der Waals surface area contributed by atoms with Crippen molar-refractivity contribution in [1.29, 1.82) is 0 Å². The van der Waals surface area contributed by atoms with Crippen molar-refractivity contribution in [2.75, 3.05) is 0 Å². The molecule has 0 saturated heterocycles. The summed E-state index contributed by atoms with van der Waals surface area (Å²) in [4.78, 5) is 4.41. The highest BCUT2D eigenvalue weighted by atomic mass is 16.3. The van der Waals surface area contributed by atoms with Crippen LogP contribution in [0.25, 0.3) is 0 Å². The standard InChI is InChI=1S/C11H17NO/c1-4-9-6-8(3)12-11(5-2)10(9)7-13/h6,13H,4-5,7H2,1-3H3.